The topological polar surface area (TPSA) is 60.2 Å². The molecule has 0 unspecified atom stereocenters. The molecule has 1 rings (SSSR count). The van der Waals surface area contributed by atoms with E-state index in [1.807, 2.05) is 13.8 Å². The van der Waals surface area contributed by atoms with Crippen molar-refractivity contribution in [1.29, 1.82) is 0 Å². The van der Waals surface area contributed by atoms with Crippen LogP contribution in [0.4, 0.5) is 0 Å². The summed E-state index contributed by atoms with van der Waals surface area (Å²) < 4.78 is 22.1. The fourth-order valence-corrected chi connectivity index (χ4v) is 2.03. The highest BCUT2D eigenvalue weighted by molar-refractivity contribution is 7.89. The molecule has 1 aromatic rings. The number of hydrogen-bond donors (Lipinski definition) is 1. The first-order valence-electron chi connectivity index (χ1n) is 4.14. The maximum atomic E-state index is 11.1. The fraction of sp³-hybridized carbons (Fsp3) is 0.333. The first-order chi connectivity index (χ1) is 6.32. The zero-order valence-electron chi connectivity index (χ0n) is 7.99. The summed E-state index contributed by atoms with van der Waals surface area (Å²) in [5.74, 6) is 0.171. The summed E-state index contributed by atoms with van der Waals surface area (Å²) in [6.07, 6.45) is 0. The van der Waals surface area contributed by atoms with Crippen LogP contribution in [0.2, 0.25) is 5.02 Å². The maximum Gasteiger partial charge on any atom is 0.238 e. The average Bonchev–Trinajstić information content (AvgIpc) is 2.02. The number of primary sulfonamides is 1. The molecule has 0 saturated heterocycles. The molecule has 0 aliphatic heterocycles. The lowest BCUT2D eigenvalue weighted by molar-refractivity contribution is 0.597. The van der Waals surface area contributed by atoms with Crippen molar-refractivity contribution in [2.45, 2.75) is 24.7 Å². The number of benzene rings is 1. The van der Waals surface area contributed by atoms with Gasteiger partial charge < -0.3 is 0 Å². The van der Waals surface area contributed by atoms with Gasteiger partial charge in [-0.3, -0.25) is 0 Å². The molecular weight excluding hydrogens is 222 g/mol. The lowest BCUT2D eigenvalue weighted by atomic mass is 10.0. The molecule has 0 atom stereocenters. The van der Waals surface area contributed by atoms with Crippen molar-refractivity contribution in [1.82, 2.24) is 0 Å². The van der Waals surface area contributed by atoms with Gasteiger partial charge in [0, 0.05) is 5.02 Å². The number of halogens is 1. The van der Waals surface area contributed by atoms with Crippen LogP contribution >= 0.6 is 11.6 Å². The highest BCUT2D eigenvalue weighted by Crippen LogP contribution is 2.26. The molecule has 0 aromatic heterocycles. The predicted molar refractivity (Wildman–Crippen MR) is 56.9 cm³/mol. The van der Waals surface area contributed by atoms with E-state index in [0.717, 1.165) is 5.56 Å². The molecule has 2 N–H and O–H groups in total. The van der Waals surface area contributed by atoms with E-state index in [1.165, 1.54) is 12.1 Å². The number of sulfonamides is 1. The standard InChI is InChI=1S/C9H12ClNO2S/c1-6(2)8-5-7(14(11,12)13)3-4-9(8)10/h3-6H,1-2H3,(H2,11,12,13). The molecule has 0 spiro atoms. The molecule has 0 fully saturated rings. The SMILES string of the molecule is CC(C)c1cc(S(N)(=O)=O)ccc1Cl. The summed E-state index contributed by atoms with van der Waals surface area (Å²) in [5, 5.41) is 5.57. The minimum Gasteiger partial charge on any atom is -0.225 e. The lowest BCUT2D eigenvalue weighted by Gasteiger charge is -2.09. The van der Waals surface area contributed by atoms with Crippen molar-refractivity contribution in [3.8, 4) is 0 Å². The smallest absolute Gasteiger partial charge is 0.225 e. The van der Waals surface area contributed by atoms with Gasteiger partial charge in [-0.1, -0.05) is 25.4 Å². The van der Waals surface area contributed by atoms with Crippen LogP contribution in [0, 0.1) is 0 Å². The Balaban J connectivity index is 3.34. The summed E-state index contributed by atoms with van der Waals surface area (Å²) in [4.78, 5) is 0.102. The molecule has 0 radical (unpaired) electrons. The zero-order chi connectivity index (χ0) is 10.9. The van der Waals surface area contributed by atoms with E-state index in [4.69, 9.17) is 16.7 Å². The van der Waals surface area contributed by atoms with Crippen LogP contribution in [0.25, 0.3) is 0 Å². The van der Waals surface area contributed by atoms with E-state index in [0.29, 0.717) is 5.02 Å². The third kappa shape index (κ3) is 2.47. The Hall–Kier alpha value is -0.580. The minimum atomic E-state index is -3.63. The van der Waals surface area contributed by atoms with Gasteiger partial charge in [0.25, 0.3) is 0 Å². The van der Waals surface area contributed by atoms with Gasteiger partial charge in [-0.15, -0.1) is 0 Å². The van der Waals surface area contributed by atoms with Crippen LogP contribution < -0.4 is 5.14 Å². The van der Waals surface area contributed by atoms with Crippen molar-refractivity contribution in [3.63, 3.8) is 0 Å². The molecule has 0 saturated carbocycles. The van der Waals surface area contributed by atoms with E-state index in [9.17, 15) is 8.42 Å². The summed E-state index contributed by atoms with van der Waals surface area (Å²) in [6.45, 7) is 3.88. The number of hydrogen-bond acceptors (Lipinski definition) is 2. The molecular formula is C9H12ClNO2S. The van der Waals surface area contributed by atoms with Gasteiger partial charge in [0.05, 0.1) is 4.90 Å². The molecule has 0 amide bonds. The molecule has 5 heteroatoms. The molecule has 0 bridgehead atoms. The summed E-state index contributed by atoms with van der Waals surface area (Å²) >= 11 is 5.91. The highest BCUT2D eigenvalue weighted by atomic mass is 35.5. The van der Waals surface area contributed by atoms with Gasteiger partial charge >= 0.3 is 0 Å². The van der Waals surface area contributed by atoms with Gasteiger partial charge in [0.1, 0.15) is 0 Å². The first kappa shape index (κ1) is 11.5. The minimum absolute atomic E-state index is 0.102. The third-order valence-corrected chi connectivity index (χ3v) is 3.17. The Bertz CT molecular complexity index is 440. The Morgan fingerprint density at radius 3 is 2.36 bits per heavy atom. The van der Waals surface area contributed by atoms with Gasteiger partial charge in [0.2, 0.25) is 10.0 Å². The molecule has 78 valence electrons. The first-order valence-corrected chi connectivity index (χ1v) is 6.07. The van der Waals surface area contributed by atoms with Crippen LogP contribution in [0.1, 0.15) is 25.3 Å². The molecule has 0 heterocycles. The second-order valence-electron chi connectivity index (χ2n) is 3.38. The largest absolute Gasteiger partial charge is 0.238 e. The van der Waals surface area contributed by atoms with Crippen molar-refractivity contribution in [2.75, 3.05) is 0 Å². The van der Waals surface area contributed by atoms with Gasteiger partial charge in [0.15, 0.2) is 0 Å². The van der Waals surface area contributed by atoms with Gasteiger partial charge in [-0.05, 0) is 29.7 Å². The number of nitrogens with two attached hydrogens (primary N) is 1. The third-order valence-electron chi connectivity index (χ3n) is 1.92. The molecule has 0 aliphatic carbocycles. The van der Waals surface area contributed by atoms with E-state index in [1.54, 1.807) is 6.07 Å². The van der Waals surface area contributed by atoms with Gasteiger partial charge in [-0.25, -0.2) is 13.6 Å². The Morgan fingerprint density at radius 2 is 1.93 bits per heavy atom. The highest BCUT2D eigenvalue weighted by Gasteiger charge is 2.12. The average molecular weight is 234 g/mol. The molecule has 3 nitrogen and oxygen atoms in total. The van der Waals surface area contributed by atoms with Crippen molar-refractivity contribution in [2.24, 2.45) is 5.14 Å². The summed E-state index contributed by atoms with van der Waals surface area (Å²) in [7, 11) is -3.63. The molecule has 14 heavy (non-hydrogen) atoms. The van der Waals surface area contributed by atoms with Crippen LogP contribution in [0.15, 0.2) is 23.1 Å². The second kappa shape index (κ2) is 3.88. The predicted octanol–water partition coefficient (Wildman–Crippen LogP) is 2.11. The van der Waals surface area contributed by atoms with Gasteiger partial charge in [-0.2, -0.15) is 0 Å². The summed E-state index contributed by atoms with van der Waals surface area (Å²) in [5.41, 5.74) is 0.790. The Kier molecular flexibility index (Phi) is 3.19. The zero-order valence-corrected chi connectivity index (χ0v) is 9.56. The fourth-order valence-electron chi connectivity index (χ4n) is 1.14. The van der Waals surface area contributed by atoms with Crippen LogP contribution in [-0.4, -0.2) is 8.42 Å². The van der Waals surface area contributed by atoms with E-state index < -0.39 is 10.0 Å². The number of rotatable bonds is 2. The van der Waals surface area contributed by atoms with Crippen molar-refractivity contribution in [3.05, 3.63) is 28.8 Å². The van der Waals surface area contributed by atoms with Crippen molar-refractivity contribution < 1.29 is 8.42 Å². The summed E-state index contributed by atoms with van der Waals surface area (Å²) in [6, 6.07) is 4.47. The van der Waals surface area contributed by atoms with Crippen LogP contribution in [-0.2, 0) is 10.0 Å². The van der Waals surface area contributed by atoms with Crippen LogP contribution in [0.5, 0.6) is 0 Å². The quantitative estimate of drug-likeness (QED) is 0.851. The second-order valence-corrected chi connectivity index (χ2v) is 5.35. The molecule has 0 aliphatic rings. The normalized spacial score (nSPS) is 12.1. The van der Waals surface area contributed by atoms with Crippen LogP contribution in [0.3, 0.4) is 0 Å². The monoisotopic (exact) mass is 233 g/mol. The lowest BCUT2D eigenvalue weighted by Crippen LogP contribution is -2.12. The maximum absolute atomic E-state index is 11.1. The Labute approximate surface area is 88.9 Å². The van der Waals surface area contributed by atoms with E-state index in [-0.39, 0.29) is 10.8 Å². The van der Waals surface area contributed by atoms with E-state index >= 15 is 0 Å². The van der Waals surface area contributed by atoms with Crippen molar-refractivity contribution >= 4 is 21.6 Å². The van der Waals surface area contributed by atoms with E-state index in [2.05, 4.69) is 0 Å². The molecule has 1 aromatic carbocycles. The Morgan fingerprint density at radius 1 is 1.36 bits per heavy atom.